The van der Waals surface area contributed by atoms with Gasteiger partial charge in [0, 0.05) is 49.7 Å². The van der Waals surface area contributed by atoms with Crippen LogP contribution >= 0.6 is 11.6 Å². The van der Waals surface area contributed by atoms with E-state index in [0.717, 1.165) is 41.7 Å². The van der Waals surface area contributed by atoms with Crippen LogP contribution in [0.2, 0.25) is 5.02 Å². The highest BCUT2D eigenvalue weighted by molar-refractivity contribution is 6.36. The molecule has 2 atom stereocenters. The second-order valence-corrected chi connectivity index (χ2v) is 9.89. The van der Waals surface area contributed by atoms with Gasteiger partial charge in [-0.2, -0.15) is 31.4 Å². The lowest BCUT2D eigenvalue weighted by Crippen LogP contribution is -2.30. The number of amides is 1. The molecule has 3 aromatic heterocycles. The Morgan fingerprint density at radius 1 is 1.17 bits per heavy atom. The van der Waals surface area contributed by atoms with Gasteiger partial charge in [-0.15, -0.1) is 5.10 Å². The summed E-state index contributed by atoms with van der Waals surface area (Å²) in [6, 6.07) is 3.23. The zero-order valence-electron chi connectivity index (χ0n) is 23.6. The number of H-pyrrole nitrogens is 1. The summed E-state index contributed by atoms with van der Waals surface area (Å²) in [4.78, 5) is 37.5. The van der Waals surface area contributed by atoms with Gasteiger partial charge in [-0.1, -0.05) is 11.6 Å². The molecule has 0 aliphatic carbocycles. The van der Waals surface area contributed by atoms with Crippen molar-refractivity contribution in [3.63, 3.8) is 0 Å². The van der Waals surface area contributed by atoms with Crippen LogP contribution in [0.1, 0.15) is 35.3 Å². The van der Waals surface area contributed by atoms with Gasteiger partial charge in [0.25, 0.3) is 5.91 Å². The molecule has 21 heteroatoms. The Bertz CT molecular complexity index is 1700. The number of carbonyl (C=O) groups is 3. The Morgan fingerprint density at radius 3 is 2.33 bits per heavy atom. The molecular weight excluding hydrogens is 658 g/mol. The van der Waals surface area contributed by atoms with Crippen LogP contribution < -0.4 is 16.0 Å². The lowest BCUT2D eigenvalue weighted by molar-refractivity contribution is -0.193. The molecule has 14 nitrogen and oxygen atoms in total. The number of ether oxygens (including phenoxy) is 1. The van der Waals surface area contributed by atoms with E-state index in [-0.39, 0.29) is 29.4 Å². The van der Waals surface area contributed by atoms with E-state index in [4.69, 9.17) is 41.9 Å². The molecule has 1 aliphatic rings. The lowest BCUT2D eigenvalue weighted by atomic mass is 10.0. The minimum atomic E-state index is -5.08. The molecule has 4 heterocycles. The number of aromatic nitrogens is 5. The van der Waals surface area contributed by atoms with Gasteiger partial charge in [0.2, 0.25) is 0 Å². The highest BCUT2D eigenvalue weighted by Crippen LogP contribution is 2.39. The first kappa shape index (κ1) is 35.6. The van der Waals surface area contributed by atoms with Crippen molar-refractivity contribution in [3.8, 4) is 0 Å². The smallest absolute Gasteiger partial charge is 0.475 e. The minimum absolute atomic E-state index is 0.122. The number of nitrogens with two attached hydrogens (primary N) is 1. The second-order valence-electron chi connectivity index (χ2n) is 9.49. The molecule has 0 saturated carbocycles. The third kappa shape index (κ3) is 8.24. The van der Waals surface area contributed by atoms with Crippen molar-refractivity contribution < 1.29 is 55.7 Å². The topological polar surface area (TPSA) is 201 Å². The maximum Gasteiger partial charge on any atom is 0.490 e. The number of aromatic amines is 1. The van der Waals surface area contributed by atoms with Crippen molar-refractivity contribution in [2.75, 3.05) is 30.8 Å². The first-order chi connectivity index (χ1) is 21.4. The maximum atomic E-state index is 13.2. The number of aliphatic carboxylic acids is 2. The highest BCUT2D eigenvalue weighted by Gasteiger charge is 2.39. The molecule has 0 radical (unpaired) electrons. The van der Waals surface area contributed by atoms with Crippen molar-refractivity contribution in [2.45, 2.75) is 37.8 Å². The molecule has 1 aliphatic heterocycles. The quantitative estimate of drug-likeness (QED) is 0.192. The second kappa shape index (κ2) is 14.1. The van der Waals surface area contributed by atoms with Gasteiger partial charge in [0.1, 0.15) is 11.1 Å². The van der Waals surface area contributed by atoms with E-state index in [1.165, 1.54) is 4.52 Å². The van der Waals surface area contributed by atoms with E-state index in [1.54, 1.807) is 31.8 Å². The number of hydrogen-bond acceptors (Lipinski definition) is 9. The molecule has 2 unspecified atom stereocenters. The first-order valence-electron chi connectivity index (χ1n) is 12.8. The maximum absolute atomic E-state index is 13.2. The Kier molecular flexibility index (Phi) is 10.9. The molecule has 250 valence electrons. The van der Waals surface area contributed by atoms with Crippen molar-refractivity contribution in [3.05, 3.63) is 46.9 Å². The first-order valence-corrected chi connectivity index (χ1v) is 13.2. The van der Waals surface area contributed by atoms with Crippen LogP contribution in [0.4, 0.5) is 37.8 Å². The highest BCUT2D eigenvalue weighted by atomic mass is 35.5. The van der Waals surface area contributed by atoms with E-state index < -0.39 is 24.3 Å². The molecule has 46 heavy (non-hydrogen) atoms. The summed E-state index contributed by atoms with van der Waals surface area (Å²) in [5.41, 5.74) is 9.23. The van der Waals surface area contributed by atoms with Crippen LogP contribution in [-0.4, -0.2) is 91.5 Å². The summed E-state index contributed by atoms with van der Waals surface area (Å²) < 4.78 is 70.5. The van der Waals surface area contributed by atoms with Crippen LogP contribution in [0.3, 0.4) is 0 Å². The number of nitrogens with zero attached hydrogens (tertiary/aromatic N) is 5. The number of alkyl halides is 6. The Balaban J connectivity index is 0.000000345. The van der Waals surface area contributed by atoms with Crippen molar-refractivity contribution in [1.82, 2.24) is 30.1 Å². The summed E-state index contributed by atoms with van der Waals surface area (Å²) in [6.07, 6.45) is -4.04. The van der Waals surface area contributed by atoms with Crippen molar-refractivity contribution in [1.29, 1.82) is 0 Å². The normalized spacial score (nSPS) is 15.5. The zero-order valence-corrected chi connectivity index (χ0v) is 24.4. The Hall–Kier alpha value is -4.85. The number of fused-ring (bicyclic) bond motifs is 2. The Labute approximate surface area is 259 Å². The fourth-order valence-corrected chi connectivity index (χ4v) is 4.59. The number of hydrogen-bond donors (Lipinski definition) is 5. The van der Waals surface area contributed by atoms with Crippen LogP contribution in [0.15, 0.2) is 30.7 Å². The average Bonchev–Trinajstić information content (AvgIpc) is 3.71. The summed E-state index contributed by atoms with van der Waals surface area (Å²) in [6.45, 7) is 3.46. The van der Waals surface area contributed by atoms with E-state index in [2.05, 4.69) is 30.5 Å². The van der Waals surface area contributed by atoms with E-state index in [9.17, 15) is 31.1 Å². The van der Waals surface area contributed by atoms with Gasteiger partial charge < -0.3 is 30.9 Å². The van der Waals surface area contributed by atoms with Gasteiger partial charge in [0.05, 0.1) is 22.9 Å². The predicted molar refractivity (Wildman–Crippen MR) is 149 cm³/mol. The molecule has 1 aromatic carbocycles. The standard InChI is InChI=1S/C21H23ClN8O2.2C2HF3O2/c1-11(26-21(31)16-19(23)28-30-6-3-5-24-20(16)30)13-8-15(22)14-9-25-27-17(14)18(13)29-7-4-12(10-29)32-2;2*3-2(4,5)1(6)7/h3,5-6,8-9,11-12H,4,7,10H2,1-2H3,(H2,23,28)(H,25,27)(H,26,31);2*(H,6,7). The Morgan fingerprint density at radius 2 is 1.78 bits per heavy atom. The molecule has 0 bridgehead atoms. The van der Waals surface area contributed by atoms with Crippen LogP contribution in [0.25, 0.3) is 16.6 Å². The number of carboxylic acids is 2. The zero-order chi connectivity index (χ0) is 34.6. The number of nitrogens with one attached hydrogen (secondary N) is 2. The number of carbonyl (C=O) groups excluding carboxylic acids is 1. The number of anilines is 2. The molecule has 1 amide bonds. The number of nitrogen functional groups attached to an aromatic ring is 1. The summed E-state index contributed by atoms with van der Waals surface area (Å²) >= 11 is 6.56. The van der Waals surface area contributed by atoms with Crippen molar-refractivity contribution >= 4 is 57.5 Å². The van der Waals surface area contributed by atoms with Crippen LogP contribution in [0.5, 0.6) is 0 Å². The number of halogens is 7. The molecule has 0 spiro atoms. The third-order valence-electron chi connectivity index (χ3n) is 6.42. The molecule has 1 saturated heterocycles. The monoisotopic (exact) mass is 682 g/mol. The predicted octanol–water partition coefficient (Wildman–Crippen LogP) is 3.82. The van der Waals surface area contributed by atoms with E-state index >= 15 is 0 Å². The largest absolute Gasteiger partial charge is 0.490 e. The van der Waals surface area contributed by atoms with Crippen LogP contribution in [0, 0.1) is 0 Å². The summed E-state index contributed by atoms with van der Waals surface area (Å²) in [5.74, 6) is -5.75. The fourth-order valence-electron chi connectivity index (χ4n) is 4.33. The lowest BCUT2D eigenvalue weighted by Gasteiger charge is -2.26. The number of rotatable bonds is 5. The van der Waals surface area contributed by atoms with Gasteiger partial charge in [0.15, 0.2) is 11.5 Å². The average molecular weight is 683 g/mol. The number of methoxy groups -OCH3 is 1. The number of carboxylic acid groups (broad SMARTS) is 2. The molecule has 1 fully saturated rings. The molecular formula is C25H25ClF6N8O6. The van der Waals surface area contributed by atoms with Crippen LogP contribution in [-0.2, 0) is 14.3 Å². The van der Waals surface area contributed by atoms with Gasteiger partial charge >= 0.3 is 24.3 Å². The van der Waals surface area contributed by atoms with Gasteiger partial charge in [-0.05, 0) is 25.5 Å². The summed E-state index contributed by atoms with van der Waals surface area (Å²) in [7, 11) is 1.72. The summed E-state index contributed by atoms with van der Waals surface area (Å²) in [5, 5.41) is 30.2. The van der Waals surface area contributed by atoms with Crippen molar-refractivity contribution in [2.24, 2.45) is 0 Å². The molecule has 6 N–H and O–H groups in total. The fraction of sp³-hybridized carbons (Fsp3) is 0.360. The van der Waals surface area contributed by atoms with Gasteiger partial charge in [-0.25, -0.2) is 19.1 Å². The van der Waals surface area contributed by atoms with E-state index in [1.807, 2.05) is 13.0 Å². The van der Waals surface area contributed by atoms with E-state index in [0.29, 0.717) is 10.7 Å². The molecule has 4 aromatic rings. The molecule has 5 rings (SSSR count). The van der Waals surface area contributed by atoms with Gasteiger partial charge in [-0.3, -0.25) is 9.89 Å². The third-order valence-corrected chi connectivity index (χ3v) is 6.73. The minimum Gasteiger partial charge on any atom is -0.475 e. The number of benzene rings is 1. The SMILES string of the molecule is COC1CCN(c2c(C(C)NC(=O)c3c(N)nn4cccnc34)cc(Cl)c3c[nH]nc23)C1.O=C(O)C(F)(F)F.O=C(O)C(F)(F)F.